The number of hydrogen-bond acceptors (Lipinski definition) is 2. The van der Waals surface area contributed by atoms with E-state index in [9.17, 15) is 4.79 Å². The fourth-order valence-electron chi connectivity index (χ4n) is 1.38. The van der Waals surface area contributed by atoms with Gasteiger partial charge >= 0.3 is 5.97 Å². The van der Waals surface area contributed by atoms with Crippen molar-refractivity contribution in [2.45, 2.75) is 65.1 Å². The zero-order chi connectivity index (χ0) is 12.4. The Kier molecular flexibility index (Phi) is 8.26. The first-order valence-electron chi connectivity index (χ1n) is 6.35. The normalized spacial score (nSPS) is 12.0. The Morgan fingerprint density at radius 2 is 1.75 bits per heavy atom. The van der Waals surface area contributed by atoms with Crippen molar-refractivity contribution in [2.75, 3.05) is 0 Å². The number of carbonyl (C=O) groups is 1. The molecule has 0 bridgehead atoms. The van der Waals surface area contributed by atoms with Crippen LogP contribution in [0.4, 0.5) is 0 Å². The monoisotopic (exact) mass is 242 g/mol. The minimum absolute atomic E-state index is 0.173. The van der Waals surface area contributed by atoms with Gasteiger partial charge in [-0.3, -0.25) is 0 Å². The maximum Gasteiger partial charge on any atom is 0.317 e. The second-order valence-electron chi connectivity index (χ2n) is 5.14. The zero-order valence-corrected chi connectivity index (χ0v) is 12.2. The summed E-state index contributed by atoms with van der Waals surface area (Å²) in [5.41, 5.74) is 0. The maximum absolute atomic E-state index is 11.3. The quantitative estimate of drug-likeness (QED) is 0.361. The lowest BCUT2D eigenvalue weighted by Gasteiger charge is -2.15. The largest absolute Gasteiger partial charge is 0.517 e. The Hall–Kier alpha value is -0.573. The summed E-state index contributed by atoms with van der Waals surface area (Å²) in [7, 11) is -1.71. The Balaban J connectivity index is 3.49. The van der Waals surface area contributed by atoms with Crippen LogP contribution in [0.1, 0.15) is 45.4 Å². The molecule has 0 spiro atoms. The summed E-state index contributed by atoms with van der Waals surface area (Å²) in [4.78, 5) is 11.3. The second-order valence-corrected chi connectivity index (χ2v) is 9.57. The average molecular weight is 242 g/mol. The molecule has 0 saturated heterocycles. The number of unbranched alkanes of at least 4 members (excludes halogenated alkanes) is 5. The van der Waals surface area contributed by atoms with E-state index in [2.05, 4.69) is 6.92 Å². The average Bonchev–Trinajstić information content (AvgIpc) is 2.13. The molecule has 0 heterocycles. The van der Waals surface area contributed by atoms with Crippen LogP contribution in [0.3, 0.4) is 0 Å². The van der Waals surface area contributed by atoms with Gasteiger partial charge in [-0.05, 0) is 32.5 Å². The van der Waals surface area contributed by atoms with Gasteiger partial charge in [0, 0.05) is 6.08 Å². The molecule has 0 aliphatic heterocycles. The fourth-order valence-corrected chi connectivity index (χ4v) is 2.05. The van der Waals surface area contributed by atoms with Gasteiger partial charge in [0.25, 0.3) is 0 Å². The third-order valence-electron chi connectivity index (χ3n) is 2.14. The lowest BCUT2D eigenvalue weighted by molar-refractivity contribution is -0.129. The third-order valence-corrected chi connectivity index (χ3v) is 2.95. The van der Waals surface area contributed by atoms with Gasteiger partial charge in [0.2, 0.25) is 8.32 Å². The van der Waals surface area contributed by atoms with Crippen LogP contribution in [0.2, 0.25) is 19.6 Å². The Bertz CT molecular complexity index is 216. The first kappa shape index (κ1) is 15.4. The third kappa shape index (κ3) is 11.5. The summed E-state index contributed by atoms with van der Waals surface area (Å²) >= 11 is 0. The maximum atomic E-state index is 11.3. The molecule has 0 atom stereocenters. The standard InChI is InChI=1S/C13H26O2Si/c1-5-6-7-8-9-10-11-12-13(14)15-16(2,3)4/h11-12H,5-10H2,1-4H3. The molecule has 0 N–H and O–H groups in total. The highest BCUT2D eigenvalue weighted by molar-refractivity contribution is 6.71. The smallest absolute Gasteiger partial charge is 0.317 e. The molecule has 0 fully saturated rings. The summed E-state index contributed by atoms with van der Waals surface area (Å²) in [5, 5.41) is 0. The molecule has 0 aliphatic rings. The molecular formula is C13H26O2Si. The van der Waals surface area contributed by atoms with Crippen molar-refractivity contribution in [3.05, 3.63) is 12.2 Å². The molecule has 16 heavy (non-hydrogen) atoms. The van der Waals surface area contributed by atoms with Crippen LogP contribution in [-0.4, -0.2) is 14.3 Å². The first-order chi connectivity index (χ1) is 7.45. The molecule has 0 saturated carbocycles. The van der Waals surface area contributed by atoms with Crippen LogP contribution >= 0.6 is 0 Å². The minimum atomic E-state index is -1.71. The predicted molar refractivity (Wildman–Crippen MR) is 72.0 cm³/mol. The summed E-state index contributed by atoms with van der Waals surface area (Å²) in [5.74, 6) is -0.173. The summed E-state index contributed by atoms with van der Waals surface area (Å²) in [6, 6.07) is 0. The van der Waals surface area contributed by atoms with E-state index in [1.807, 2.05) is 25.7 Å². The summed E-state index contributed by atoms with van der Waals surface area (Å²) in [6.07, 6.45) is 10.9. The van der Waals surface area contributed by atoms with Crippen LogP contribution in [0, 0.1) is 0 Å². The Morgan fingerprint density at radius 1 is 1.12 bits per heavy atom. The van der Waals surface area contributed by atoms with Crippen molar-refractivity contribution in [1.82, 2.24) is 0 Å². The Labute approximate surface area is 101 Å². The Morgan fingerprint density at radius 3 is 2.31 bits per heavy atom. The van der Waals surface area contributed by atoms with E-state index in [1.165, 1.54) is 32.1 Å². The van der Waals surface area contributed by atoms with Crippen LogP contribution in [0.5, 0.6) is 0 Å². The van der Waals surface area contributed by atoms with Gasteiger partial charge < -0.3 is 4.43 Å². The number of allylic oxidation sites excluding steroid dienone is 1. The molecule has 0 aromatic carbocycles. The topological polar surface area (TPSA) is 26.3 Å². The molecule has 0 aromatic heterocycles. The van der Waals surface area contributed by atoms with Gasteiger partial charge in [-0.1, -0.05) is 38.7 Å². The van der Waals surface area contributed by atoms with Gasteiger partial charge in [-0.25, -0.2) is 4.79 Å². The molecule has 0 amide bonds. The molecular weight excluding hydrogens is 216 g/mol. The molecule has 2 nitrogen and oxygen atoms in total. The molecule has 0 unspecified atom stereocenters. The van der Waals surface area contributed by atoms with E-state index in [-0.39, 0.29) is 5.97 Å². The zero-order valence-electron chi connectivity index (χ0n) is 11.2. The van der Waals surface area contributed by atoms with E-state index >= 15 is 0 Å². The van der Waals surface area contributed by atoms with Gasteiger partial charge in [-0.15, -0.1) is 0 Å². The van der Waals surface area contributed by atoms with Crippen molar-refractivity contribution in [3.8, 4) is 0 Å². The fraction of sp³-hybridized carbons (Fsp3) is 0.769. The van der Waals surface area contributed by atoms with Crippen molar-refractivity contribution in [3.63, 3.8) is 0 Å². The number of hydrogen-bond donors (Lipinski definition) is 0. The lowest BCUT2D eigenvalue weighted by Crippen LogP contribution is -2.28. The van der Waals surface area contributed by atoms with Gasteiger partial charge in [0.15, 0.2) is 0 Å². The van der Waals surface area contributed by atoms with Crippen molar-refractivity contribution in [2.24, 2.45) is 0 Å². The van der Waals surface area contributed by atoms with E-state index < -0.39 is 8.32 Å². The van der Waals surface area contributed by atoms with Crippen molar-refractivity contribution < 1.29 is 9.22 Å². The van der Waals surface area contributed by atoms with Crippen molar-refractivity contribution >= 4 is 14.3 Å². The van der Waals surface area contributed by atoms with Crippen molar-refractivity contribution in [1.29, 1.82) is 0 Å². The van der Waals surface area contributed by atoms with Gasteiger partial charge in [-0.2, -0.15) is 0 Å². The van der Waals surface area contributed by atoms with Crippen LogP contribution in [0.15, 0.2) is 12.2 Å². The highest BCUT2D eigenvalue weighted by Gasteiger charge is 2.17. The molecule has 94 valence electrons. The van der Waals surface area contributed by atoms with E-state index in [0.717, 1.165) is 6.42 Å². The molecule has 3 heteroatoms. The second kappa shape index (κ2) is 8.56. The van der Waals surface area contributed by atoms with Crippen LogP contribution < -0.4 is 0 Å². The summed E-state index contributed by atoms with van der Waals surface area (Å²) in [6.45, 7) is 8.27. The minimum Gasteiger partial charge on any atom is -0.517 e. The molecule has 0 aromatic rings. The lowest BCUT2D eigenvalue weighted by atomic mass is 10.1. The molecule has 0 aliphatic carbocycles. The van der Waals surface area contributed by atoms with Crippen LogP contribution in [-0.2, 0) is 9.22 Å². The van der Waals surface area contributed by atoms with Crippen LogP contribution in [0.25, 0.3) is 0 Å². The predicted octanol–water partition coefficient (Wildman–Crippen LogP) is 4.28. The number of rotatable bonds is 8. The van der Waals surface area contributed by atoms with E-state index in [0.29, 0.717) is 0 Å². The molecule has 0 rings (SSSR count). The number of carbonyl (C=O) groups excluding carboxylic acids is 1. The van der Waals surface area contributed by atoms with Gasteiger partial charge in [0.05, 0.1) is 0 Å². The summed E-state index contributed by atoms with van der Waals surface area (Å²) < 4.78 is 5.30. The van der Waals surface area contributed by atoms with E-state index in [1.54, 1.807) is 6.08 Å². The highest BCUT2D eigenvalue weighted by atomic mass is 28.4. The first-order valence-corrected chi connectivity index (χ1v) is 9.76. The molecule has 0 radical (unpaired) electrons. The van der Waals surface area contributed by atoms with Gasteiger partial charge in [0.1, 0.15) is 0 Å². The highest BCUT2D eigenvalue weighted by Crippen LogP contribution is 2.06. The van der Waals surface area contributed by atoms with E-state index in [4.69, 9.17) is 4.43 Å². The SMILES string of the molecule is CCCCCCCC=CC(=O)O[Si](C)(C)C.